The normalized spacial score (nSPS) is 10.8. The molecule has 1 aromatic heterocycles. The predicted octanol–water partition coefficient (Wildman–Crippen LogP) is 2.19. The first-order valence-electron chi connectivity index (χ1n) is 11.2. The third-order valence-electron chi connectivity index (χ3n) is 5.33. The largest absolute Gasteiger partial charge is 0.465 e. The highest BCUT2D eigenvalue weighted by atomic mass is 19.1. The minimum atomic E-state index is -0.858. The summed E-state index contributed by atoms with van der Waals surface area (Å²) >= 11 is 0. The molecule has 0 aliphatic heterocycles. The van der Waals surface area contributed by atoms with E-state index in [0.29, 0.717) is 5.69 Å². The number of carbonyl (C=O) groups excluding carboxylic acids is 2. The van der Waals surface area contributed by atoms with Crippen molar-refractivity contribution >= 4 is 29.1 Å². The van der Waals surface area contributed by atoms with E-state index < -0.39 is 28.9 Å². The number of H-pyrrole nitrogens is 1. The van der Waals surface area contributed by atoms with Crippen molar-refractivity contribution < 1.29 is 18.7 Å². The van der Waals surface area contributed by atoms with Crippen LogP contribution in [0.1, 0.15) is 29.8 Å². The summed E-state index contributed by atoms with van der Waals surface area (Å²) in [6, 6.07) is 12.7. The van der Waals surface area contributed by atoms with Crippen molar-refractivity contribution in [3.05, 3.63) is 86.3 Å². The lowest BCUT2D eigenvalue weighted by molar-refractivity contribution is -0.117. The van der Waals surface area contributed by atoms with Gasteiger partial charge in [-0.1, -0.05) is 44.2 Å². The van der Waals surface area contributed by atoms with Crippen molar-refractivity contribution in [2.45, 2.75) is 20.4 Å². The number of aromatic nitrogens is 2. The van der Waals surface area contributed by atoms with Crippen LogP contribution in [-0.4, -0.2) is 41.6 Å². The van der Waals surface area contributed by atoms with E-state index >= 15 is 0 Å². The van der Waals surface area contributed by atoms with E-state index in [1.165, 1.54) is 21.6 Å². The summed E-state index contributed by atoms with van der Waals surface area (Å²) in [4.78, 5) is 53.8. The van der Waals surface area contributed by atoms with Gasteiger partial charge >= 0.3 is 11.7 Å². The Bertz CT molecular complexity index is 1370. The van der Waals surface area contributed by atoms with Gasteiger partial charge in [0.1, 0.15) is 11.6 Å². The number of nitrogens with two attached hydrogens (primary N) is 1. The van der Waals surface area contributed by atoms with E-state index in [1.807, 2.05) is 44.2 Å². The second-order valence-corrected chi connectivity index (χ2v) is 8.50. The molecule has 0 fully saturated rings. The first kappa shape index (κ1) is 26.2. The molecule has 0 atom stereocenters. The van der Waals surface area contributed by atoms with Crippen molar-refractivity contribution in [2.24, 2.45) is 5.92 Å². The number of methoxy groups -OCH3 is 1. The van der Waals surface area contributed by atoms with E-state index in [1.54, 1.807) is 0 Å². The van der Waals surface area contributed by atoms with Gasteiger partial charge in [0.2, 0.25) is 5.91 Å². The van der Waals surface area contributed by atoms with Crippen LogP contribution in [0.5, 0.6) is 0 Å². The zero-order valence-corrected chi connectivity index (χ0v) is 20.2. The fraction of sp³-hybridized carbons (Fsp3) is 0.280. The number of aromatic amines is 1. The summed E-state index contributed by atoms with van der Waals surface area (Å²) in [5.74, 6) is -2.32. The van der Waals surface area contributed by atoms with E-state index in [9.17, 15) is 23.6 Å². The number of carbonyl (C=O) groups is 2. The quantitative estimate of drug-likeness (QED) is 0.385. The first-order valence-corrected chi connectivity index (χ1v) is 11.2. The Morgan fingerprint density at radius 3 is 2.50 bits per heavy atom. The molecule has 1 heterocycles. The molecule has 4 N–H and O–H groups in total. The second kappa shape index (κ2) is 11.3. The molecule has 10 nitrogen and oxygen atoms in total. The third-order valence-corrected chi connectivity index (χ3v) is 5.33. The van der Waals surface area contributed by atoms with Gasteiger partial charge in [-0.2, -0.15) is 0 Å². The Morgan fingerprint density at radius 2 is 1.86 bits per heavy atom. The molecular weight excluding hydrogens is 469 g/mol. The Labute approximate surface area is 206 Å². The van der Waals surface area contributed by atoms with Crippen molar-refractivity contribution in [1.29, 1.82) is 0 Å². The molecule has 0 aliphatic carbocycles. The number of amides is 1. The van der Waals surface area contributed by atoms with Gasteiger partial charge in [0.15, 0.2) is 5.69 Å². The van der Waals surface area contributed by atoms with E-state index in [-0.39, 0.29) is 42.6 Å². The maximum absolute atomic E-state index is 13.9. The van der Waals surface area contributed by atoms with Crippen LogP contribution in [0, 0.1) is 11.7 Å². The van der Waals surface area contributed by atoms with Crippen LogP contribution in [0.3, 0.4) is 0 Å². The van der Waals surface area contributed by atoms with Gasteiger partial charge in [-0.3, -0.25) is 19.1 Å². The number of nitrogen functional groups attached to an aromatic ring is 1. The topological polar surface area (TPSA) is 140 Å². The molecule has 0 radical (unpaired) electrons. The number of esters is 1. The summed E-state index contributed by atoms with van der Waals surface area (Å²) in [5, 5.41) is 2.83. The smallest absolute Gasteiger partial charge is 0.340 e. The third kappa shape index (κ3) is 5.98. The van der Waals surface area contributed by atoms with Crippen molar-refractivity contribution in [3.63, 3.8) is 0 Å². The Kier molecular flexibility index (Phi) is 8.26. The molecule has 0 aliphatic rings. The highest BCUT2D eigenvalue weighted by molar-refractivity contribution is 5.98. The monoisotopic (exact) mass is 497 g/mol. The molecule has 0 unspecified atom stereocenters. The van der Waals surface area contributed by atoms with Crippen LogP contribution in [0.4, 0.5) is 21.6 Å². The fourth-order valence-corrected chi connectivity index (χ4v) is 3.62. The van der Waals surface area contributed by atoms with Gasteiger partial charge in [-0.25, -0.2) is 14.0 Å². The Balaban J connectivity index is 1.93. The summed E-state index contributed by atoms with van der Waals surface area (Å²) in [5.41, 5.74) is 5.45. The van der Waals surface area contributed by atoms with Crippen LogP contribution in [0.2, 0.25) is 0 Å². The lowest BCUT2D eigenvalue weighted by atomic mass is 10.1. The number of hydrogen-bond donors (Lipinski definition) is 3. The zero-order valence-electron chi connectivity index (χ0n) is 20.2. The van der Waals surface area contributed by atoms with Gasteiger partial charge in [0, 0.05) is 12.2 Å². The van der Waals surface area contributed by atoms with Gasteiger partial charge < -0.3 is 20.7 Å². The van der Waals surface area contributed by atoms with Crippen LogP contribution < -0.4 is 27.2 Å². The van der Waals surface area contributed by atoms with Gasteiger partial charge in [0.05, 0.1) is 25.8 Å². The van der Waals surface area contributed by atoms with Crippen LogP contribution >= 0.6 is 0 Å². The summed E-state index contributed by atoms with van der Waals surface area (Å²) in [6.45, 7) is 3.67. The molecule has 0 saturated carbocycles. The number of anilines is 3. The van der Waals surface area contributed by atoms with Crippen LogP contribution in [0.25, 0.3) is 0 Å². The molecule has 3 aromatic rings. The highest BCUT2D eigenvalue weighted by Gasteiger charge is 2.25. The summed E-state index contributed by atoms with van der Waals surface area (Å²) in [7, 11) is 1.13. The SMILES string of the molecule is COC(=O)c1cc(NCC(=O)N(CC(C)C)c2c(N)n(Cc3ccccc3)c(=O)[nH]c2=O)ccc1F. The van der Waals surface area contributed by atoms with Gasteiger partial charge in [-0.05, 0) is 29.7 Å². The number of rotatable bonds is 9. The standard InChI is InChI=1S/C25H28FN5O5/c1-15(2)13-30(20(32)12-28-17-9-10-19(26)18(11-17)24(34)36-3)21-22(27)31(25(35)29-23(21)33)14-16-7-5-4-6-8-16/h4-11,15,28H,12-14,27H2,1-3H3,(H,29,33,35). The van der Waals surface area contributed by atoms with Crippen LogP contribution in [0.15, 0.2) is 58.1 Å². The molecule has 3 rings (SSSR count). The lowest BCUT2D eigenvalue weighted by Gasteiger charge is -2.26. The number of hydrogen-bond acceptors (Lipinski definition) is 7. The van der Waals surface area contributed by atoms with Gasteiger partial charge in [0.25, 0.3) is 5.56 Å². The van der Waals surface area contributed by atoms with E-state index in [0.717, 1.165) is 18.7 Å². The molecule has 190 valence electrons. The lowest BCUT2D eigenvalue weighted by Crippen LogP contribution is -2.44. The molecule has 0 saturated heterocycles. The number of nitrogens with one attached hydrogen (secondary N) is 2. The number of nitrogens with zero attached hydrogens (tertiary/aromatic N) is 2. The molecule has 0 bridgehead atoms. The number of halogens is 1. The maximum Gasteiger partial charge on any atom is 0.340 e. The summed E-state index contributed by atoms with van der Waals surface area (Å²) in [6.07, 6.45) is 0. The molecule has 1 amide bonds. The molecule has 36 heavy (non-hydrogen) atoms. The molecule has 11 heteroatoms. The van der Waals surface area contributed by atoms with Crippen molar-refractivity contribution in [2.75, 3.05) is 36.1 Å². The predicted molar refractivity (Wildman–Crippen MR) is 135 cm³/mol. The Morgan fingerprint density at radius 1 is 1.17 bits per heavy atom. The molecule has 0 spiro atoms. The van der Waals surface area contributed by atoms with Crippen molar-refractivity contribution in [1.82, 2.24) is 9.55 Å². The highest BCUT2D eigenvalue weighted by Crippen LogP contribution is 2.20. The summed E-state index contributed by atoms with van der Waals surface area (Å²) < 4.78 is 19.7. The van der Waals surface area contributed by atoms with E-state index in [4.69, 9.17) is 5.73 Å². The number of ether oxygens (including phenoxy) is 1. The van der Waals surface area contributed by atoms with E-state index in [2.05, 4.69) is 15.0 Å². The minimum absolute atomic E-state index is 0.0426. The Hall–Kier alpha value is -4.41. The maximum atomic E-state index is 13.9. The number of benzene rings is 2. The average molecular weight is 498 g/mol. The zero-order chi connectivity index (χ0) is 26.4. The van der Waals surface area contributed by atoms with Crippen molar-refractivity contribution in [3.8, 4) is 0 Å². The second-order valence-electron chi connectivity index (χ2n) is 8.50. The molecule has 2 aromatic carbocycles. The minimum Gasteiger partial charge on any atom is -0.465 e. The average Bonchev–Trinajstić information content (AvgIpc) is 2.85. The molecular formula is C25H28FN5O5. The fourth-order valence-electron chi connectivity index (χ4n) is 3.62. The van der Waals surface area contributed by atoms with Gasteiger partial charge in [-0.15, -0.1) is 0 Å². The van der Waals surface area contributed by atoms with Crippen LogP contribution in [-0.2, 0) is 16.1 Å². The first-order chi connectivity index (χ1) is 17.1.